The van der Waals surface area contributed by atoms with Gasteiger partial charge in [0.2, 0.25) is 14.9 Å². The highest BCUT2D eigenvalue weighted by Crippen LogP contribution is 2.34. The number of amides is 1. The molecule has 0 aliphatic heterocycles. The maximum Gasteiger partial charge on any atom is 0.341 e. The van der Waals surface area contributed by atoms with Crippen LogP contribution in [0.2, 0.25) is 0 Å². The lowest BCUT2D eigenvalue weighted by atomic mass is 10.1. The first-order valence-corrected chi connectivity index (χ1v) is 12.4. The molecule has 11 heteroatoms. The molecule has 0 atom stereocenters. The number of sulfone groups is 1. The summed E-state index contributed by atoms with van der Waals surface area (Å²) < 4.78 is 36.5. The zero-order valence-corrected chi connectivity index (χ0v) is 20.4. The molecule has 0 fully saturated rings. The number of nitrogens with one attached hydrogen (secondary N) is 1. The third-order valence-electron chi connectivity index (χ3n) is 4.37. The summed E-state index contributed by atoms with van der Waals surface area (Å²) in [5, 5.41) is 2.24. The van der Waals surface area contributed by atoms with Gasteiger partial charge in [-0.2, -0.15) is 0 Å². The van der Waals surface area contributed by atoms with Crippen LogP contribution in [0.3, 0.4) is 0 Å². The topological polar surface area (TPSA) is 120 Å². The van der Waals surface area contributed by atoms with E-state index in [1.807, 2.05) is 0 Å². The zero-order valence-electron chi connectivity index (χ0n) is 17.2. The van der Waals surface area contributed by atoms with Crippen LogP contribution in [-0.2, 0) is 14.6 Å². The number of furan rings is 1. The molecule has 0 radical (unpaired) electrons. The molecule has 2 heterocycles. The average molecular weight is 540 g/mol. The van der Waals surface area contributed by atoms with Gasteiger partial charge in [0.1, 0.15) is 5.00 Å². The lowest BCUT2D eigenvalue weighted by molar-refractivity contribution is 0.0527. The number of carbonyl (C=O) groups is 3. The number of ketones is 1. The van der Waals surface area contributed by atoms with Gasteiger partial charge >= 0.3 is 5.97 Å². The van der Waals surface area contributed by atoms with Gasteiger partial charge in [0, 0.05) is 4.47 Å². The lowest BCUT2D eigenvalue weighted by Gasteiger charge is -2.06. The molecular weight excluding hydrogens is 522 g/mol. The fourth-order valence-electron chi connectivity index (χ4n) is 2.87. The Balaban J connectivity index is 1.91. The Morgan fingerprint density at radius 2 is 1.78 bits per heavy atom. The van der Waals surface area contributed by atoms with E-state index in [-0.39, 0.29) is 33.6 Å². The van der Waals surface area contributed by atoms with Crippen molar-refractivity contribution in [3.63, 3.8) is 0 Å². The van der Waals surface area contributed by atoms with Gasteiger partial charge in [-0.1, -0.05) is 15.9 Å². The van der Waals surface area contributed by atoms with Crippen LogP contribution in [0, 0.1) is 6.92 Å². The van der Waals surface area contributed by atoms with Gasteiger partial charge in [0.25, 0.3) is 5.91 Å². The molecular formula is C21H18BrNO7S2. The highest BCUT2D eigenvalue weighted by molar-refractivity contribution is 9.10. The van der Waals surface area contributed by atoms with Crippen molar-refractivity contribution in [2.24, 2.45) is 0 Å². The minimum Gasteiger partial charge on any atom is -0.462 e. The minimum absolute atomic E-state index is 0.00610. The molecule has 8 nitrogen and oxygen atoms in total. The van der Waals surface area contributed by atoms with Crippen molar-refractivity contribution in [1.29, 1.82) is 0 Å². The Kier molecular flexibility index (Phi) is 7.01. The molecule has 3 aromatic rings. The number of rotatable bonds is 7. The summed E-state index contributed by atoms with van der Waals surface area (Å²) in [5.41, 5.74) is 0.471. The predicted molar refractivity (Wildman–Crippen MR) is 121 cm³/mol. The number of hydrogen-bond donors (Lipinski definition) is 1. The van der Waals surface area contributed by atoms with E-state index < -0.39 is 26.8 Å². The second-order valence-corrected chi connectivity index (χ2v) is 10.4. The van der Waals surface area contributed by atoms with Gasteiger partial charge in [0.05, 0.1) is 21.9 Å². The van der Waals surface area contributed by atoms with Crippen molar-refractivity contribution < 1.29 is 32.0 Å². The maximum absolute atomic E-state index is 12.7. The molecule has 0 spiro atoms. The molecule has 32 heavy (non-hydrogen) atoms. The molecule has 168 valence electrons. The smallest absolute Gasteiger partial charge is 0.341 e. The summed E-state index contributed by atoms with van der Waals surface area (Å²) in [7, 11) is -3.97. The van der Waals surface area contributed by atoms with Gasteiger partial charge in [-0.3, -0.25) is 9.59 Å². The number of hydrogen-bond acceptors (Lipinski definition) is 8. The van der Waals surface area contributed by atoms with E-state index in [0.717, 1.165) is 11.3 Å². The van der Waals surface area contributed by atoms with Gasteiger partial charge in [-0.15, -0.1) is 11.3 Å². The predicted octanol–water partition coefficient (Wildman–Crippen LogP) is 4.88. The molecule has 1 amide bonds. The maximum atomic E-state index is 12.7. The summed E-state index contributed by atoms with van der Waals surface area (Å²) in [5.74, 6) is -1.99. The van der Waals surface area contributed by atoms with E-state index in [4.69, 9.17) is 9.15 Å². The van der Waals surface area contributed by atoms with Crippen molar-refractivity contribution in [3.05, 3.63) is 62.6 Å². The Morgan fingerprint density at radius 1 is 1.12 bits per heavy atom. The quantitative estimate of drug-likeness (QED) is 0.335. The first-order chi connectivity index (χ1) is 15.1. The van der Waals surface area contributed by atoms with Crippen LogP contribution in [0.4, 0.5) is 5.00 Å². The van der Waals surface area contributed by atoms with E-state index in [0.29, 0.717) is 14.9 Å². The number of Topliss-reactive ketones (excluding diaryl/α,β-unsaturated/α-hetero) is 1. The van der Waals surface area contributed by atoms with Crippen LogP contribution in [0.15, 0.2) is 55.3 Å². The monoisotopic (exact) mass is 539 g/mol. The van der Waals surface area contributed by atoms with Gasteiger partial charge in [-0.25, -0.2) is 13.2 Å². The van der Waals surface area contributed by atoms with Crippen LogP contribution >= 0.6 is 27.3 Å². The Labute approximate surface area is 196 Å². The number of halogens is 1. The lowest BCUT2D eigenvalue weighted by Crippen LogP contribution is -2.14. The zero-order chi connectivity index (χ0) is 23.6. The number of carbonyl (C=O) groups excluding carboxylic acids is 3. The molecule has 0 aliphatic carbocycles. The molecule has 0 unspecified atom stereocenters. The highest BCUT2D eigenvalue weighted by atomic mass is 79.9. The van der Waals surface area contributed by atoms with Gasteiger partial charge < -0.3 is 14.5 Å². The second kappa shape index (κ2) is 9.39. The minimum atomic E-state index is -3.97. The summed E-state index contributed by atoms with van der Waals surface area (Å²) >= 11 is 4.18. The fourth-order valence-corrected chi connectivity index (χ4v) is 5.39. The summed E-state index contributed by atoms with van der Waals surface area (Å²) in [4.78, 5) is 37.3. The Morgan fingerprint density at radius 3 is 2.38 bits per heavy atom. The molecule has 0 aliphatic rings. The molecule has 0 saturated carbocycles. The molecule has 0 bridgehead atoms. The first kappa shape index (κ1) is 23.9. The van der Waals surface area contributed by atoms with Crippen LogP contribution in [-0.4, -0.2) is 32.7 Å². The van der Waals surface area contributed by atoms with Gasteiger partial charge in [0.15, 0.2) is 11.5 Å². The van der Waals surface area contributed by atoms with E-state index >= 15 is 0 Å². The van der Waals surface area contributed by atoms with E-state index in [1.54, 1.807) is 26.0 Å². The number of benzene rings is 1. The number of thiophene rings is 1. The van der Waals surface area contributed by atoms with E-state index in [1.165, 1.54) is 31.2 Å². The van der Waals surface area contributed by atoms with Crippen LogP contribution < -0.4 is 5.32 Å². The normalized spacial score (nSPS) is 11.2. The van der Waals surface area contributed by atoms with Crippen LogP contribution in [0.1, 0.15) is 50.0 Å². The molecule has 1 aromatic carbocycles. The Bertz CT molecular complexity index is 1300. The van der Waals surface area contributed by atoms with Crippen molar-refractivity contribution in [3.8, 4) is 0 Å². The van der Waals surface area contributed by atoms with Gasteiger partial charge in [-0.05, 0) is 62.7 Å². The van der Waals surface area contributed by atoms with Crippen molar-refractivity contribution in [2.45, 2.75) is 30.8 Å². The van der Waals surface area contributed by atoms with Crippen molar-refractivity contribution >= 4 is 59.8 Å². The third-order valence-corrected chi connectivity index (χ3v) is 7.85. The summed E-state index contributed by atoms with van der Waals surface area (Å²) in [6.07, 6.45) is 0. The van der Waals surface area contributed by atoms with E-state index in [2.05, 4.69) is 21.2 Å². The summed E-state index contributed by atoms with van der Waals surface area (Å²) in [6, 6.07) is 8.37. The standard InChI is InChI=1S/C21H18BrNO7S2/c1-4-29-21(26)17-11(2)18(12(3)24)31-20(17)23-19(25)15-9-10-16(30-15)32(27,28)14-7-5-13(22)6-8-14/h5-10H,4H2,1-3H3,(H,23,25). The largest absolute Gasteiger partial charge is 0.462 e. The number of anilines is 1. The number of esters is 1. The molecule has 1 N–H and O–H groups in total. The molecule has 2 aromatic heterocycles. The van der Waals surface area contributed by atoms with Crippen LogP contribution in [0.5, 0.6) is 0 Å². The number of ether oxygens (including phenoxy) is 1. The van der Waals surface area contributed by atoms with Crippen molar-refractivity contribution in [1.82, 2.24) is 0 Å². The summed E-state index contributed by atoms with van der Waals surface area (Å²) in [6.45, 7) is 4.70. The highest BCUT2D eigenvalue weighted by Gasteiger charge is 2.27. The molecule has 3 rings (SSSR count). The first-order valence-electron chi connectivity index (χ1n) is 9.29. The average Bonchev–Trinajstić information content (AvgIpc) is 3.34. The SMILES string of the molecule is CCOC(=O)c1c(NC(=O)c2ccc(S(=O)(=O)c3ccc(Br)cc3)o2)sc(C(C)=O)c1C. The van der Waals surface area contributed by atoms with E-state index in [9.17, 15) is 22.8 Å². The Hall–Kier alpha value is -2.76. The fraction of sp³-hybridized carbons (Fsp3) is 0.190. The second-order valence-electron chi connectivity index (χ2n) is 6.57. The van der Waals surface area contributed by atoms with Crippen LogP contribution in [0.25, 0.3) is 0 Å². The third kappa shape index (κ3) is 4.69. The molecule has 0 saturated heterocycles. The van der Waals surface area contributed by atoms with Crippen molar-refractivity contribution in [2.75, 3.05) is 11.9 Å².